The van der Waals surface area contributed by atoms with Crippen LogP contribution in [-0.4, -0.2) is 53.8 Å². The number of rotatable bonds is 6. The lowest BCUT2D eigenvalue weighted by Crippen LogP contribution is -2.25. The Bertz CT molecular complexity index is 1520. The van der Waals surface area contributed by atoms with E-state index in [1.807, 2.05) is 6.07 Å². The van der Waals surface area contributed by atoms with E-state index < -0.39 is 5.69 Å². The van der Waals surface area contributed by atoms with Crippen molar-refractivity contribution in [2.45, 2.75) is 38.3 Å². The summed E-state index contributed by atoms with van der Waals surface area (Å²) in [5.74, 6) is 0.211. The van der Waals surface area contributed by atoms with Gasteiger partial charge in [-0.3, -0.25) is 4.98 Å². The lowest BCUT2D eigenvalue weighted by Gasteiger charge is -2.21. The summed E-state index contributed by atoms with van der Waals surface area (Å²) in [6.07, 6.45) is 7.75. The number of aromatic nitrogens is 6. The molecule has 11 heteroatoms. The van der Waals surface area contributed by atoms with Gasteiger partial charge in [0, 0.05) is 30.5 Å². The van der Waals surface area contributed by atoms with Gasteiger partial charge in [0.15, 0.2) is 5.65 Å². The highest BCUT2D eigenvalue weighted by Crippen LogP contribution is 2.25. The Kier molecular flexibility index (Phi) is 5.01. The largest absolute Gasteiger partial charge is 0.493 e. The smallest absolute Gasteiger partial charge is 0.326 e. The van der Waals surface area contributed by atoms with Crippen LogP contribution in [0.15, 0.2) is 40.2 Å². The van der Waals surface area contributed by atoms with Crippen LogP contribution in [0.25, 0.3) is 11.7 Å². The maximum absolute atomic E-state index is 11.5. The number of fused-ring (bicyclic) bond motifs is 1. The molecule has 34 heavy (non-hydrogen) atoms. The Morgan fingerprint density at radius 1 is 1.18 bits per heavy atom. The minimum absolute atomic E-state index is 0.238. The first-order valence-corrected chi connectivity index (χ1v) is 11.5. The van der Waals surface area contributed by atoms with Gasteiger partial charge in [-0.05, 0) is 43.4 Å². The first-order chi connectivity index (χ1) is 16.6. The molecule has 1 saturated heterocycles. The molecule has 1 saturated carbocycles. The number of hydrogen-bond donors (Lipinski definition) is 4. The van der Waals surface area contributed by atoms with Crippen LogP contribution in [-0.2, 0) is 6.54 Å². The highest BCUT2D eigenvalue weighted by Gasteiger charge is 2.21. The minimum atomic E-state index is -0.488. The summed E-state index contributed by atoms with van der Waals surface area (Å²) in [6.45, 7) is 2.73. The molecule has 4 aromatic rings. The summed E-state index contributed by atoms with van der Waals surface area (Å²) < 4.78 is 1.59. The van der Waals surface area contributed by atoms with Crippen LogP contribution in [0, 0.1) is 0 Å². The second-order valence-corrected chi connectivity index (χ2v) is 8.70. The number of benzene rings is 1. The molecule has 0 atom stereocenters. The van der Waals surface area contributed by atoms with Crippen LogP contribution in [0.2, 0.25) is 0 Å². The van der Waals surface area contributed by atoms with Crippen LogP contribution in [0.3, 0.4) is 0 Å². The van der Waals surface area contributed by atoms with Gasteiger partial charge in [0.05, 0.1) is 12.2 Å². The average Bonchev–Trinajstić information content (AvgIpc) is 3.20. The fourth-order valence-corrected chi connectivity index (χ4v) is 4.26. The molecule has 6 rings (SSSR count). The lowest BCUT2D eigenvalue weighted by atomic mass is 10.1. The van der Waals surface area contributed by atoms with Crippen molar-refractivity contribution >= 4 is 23.4 Å². The number of aromatic hydroxyl groups is 1. The summed E-state index contributed by atoms with van der Waals surface area (Å²) in [4.78, 5) is 32.8. The summed E-state index contributed by atoms with van der Waals surface area (Å²) >= 11 is 0. The van der Waals surface area contributed by atoms with E-state index in [0.29, 0.717) is 29.0 Å². The van der Waals surface area contributed by atoms with E-state index in [-0.39, 0.29) is 17.6 Å². The monoisotopic (exact) mass is 459 g/mol. The second-order valence-electron chi connectivity index (χ2n) is 8.70. The van der Waals surface area contributed by atoms with Crippen molar-refractivity contribution in [3.8, 4) is 5.88 Å². The SMILES string of the molecule is O=c1[nH]c(O)c(/C=c2\cnn3c(=NC4CC4)nc(NCc4ccccc4N4CCCC4)nc23)[nH]1. The Balaban J connectivity index is 1.39. The van der Waals surface area contributed by atoms with E-state index >= 15 is 0 Å². The normalized spacial score (nSPS) is 17.2. The maximum Gasteiger partial charge on any atom is 0.326 e. The van der Waals surface area contributed by atoms with Crippen LogP contribution in [0.5, 0.6) is 5.88 Å². The predicted molar refractivity (Wildman–Crippen MR) is 126 cm³/mol. The zero-order valence-corrected chi connectivity index (χ0v) is 18.5. The van der Waals surface area contributed by atoms with E-state index in [0.717, 1.165) is 25.9 Å². The molecule has 1 aliphatic heterocycles. The van der Waals surface area contributed by atoms with Gasteiger partial charge in [-0.25, -0.2) is 9.79 Å². The van der Waals surface area contributed by atoms with E-state index in [1.165, 1.54) is 24.1 Å². The summed E-state index contributed by atoms with van der Waals surface area (Å²) in [6, 6.07) is 8.65. The van der Waals surface area contributed by atoms with Crippen molar-refractivity contribution in [3.05, 3.63) is 63.0 Å². The number of imidazole rings is 1. The molecule has 1 aliphatic carbocycles. The third kappa shape index (κ3) is 4.00. The number of hydrogen-bond acceptors (Lipinski definition) is 8. The molecule has 3 aromatic heterocycles. The van der Waals surface area contributed by atoms with Crippen molar-refractivity contribution in [2.24, 2.45) is 4.99 Å². The molecule has 174 valence electrons. The average molecular weight is 460 g/mol. The molecule has 0 unspecified atom stereocenters. The third-order valence-corrected chi connectivity index (χ3v) is 6.13. The highest BCUT2D eigenvalue weighted by molar-refractivity contribution is 5.58. The van der Waals surface area contributed by atoms with Crippen molar-refractivity contribution in [1.29, 1.82) is 0 Å². The van der Waals surface area contributed by atoms with Crippen molar-refractivity contribution in [3.63, 3.8) is 0 Å². The first kappa shape index (κ1) is 20.5. The minimum Gasteiger partial charge on any atom is -0.493 e. The van der Waals surface area contributed by atoms with Crippen LogP contribution >= 0.6 is 0 Å². The zero-order valence-electron chi connectivity index (χ0n) is 18.5. The zero-order chi connectivity index (χ0) is 23.1. The molecule has 11 nitrogen and oxygen atoms in total. The topological polar surface area (TPSA) is 140 Å². The summed E-state index contributed by atoms with van der Waals surface area (Å²) in [5, 5.41) is 18.4. The molecule has 0 bridgehead atoms. The number of aromatic amines is 2. The molecule has 4 N–H and O–H groups in total. The first-order valence-electron chi connectivity index (χ1n) is 11.5. The molecule has 4 heterocycles. The number of para-hydroxylation sites is 1. The summed E-state index contributed by atoms with van der Waals surface area (Å²) in [7, 11) is 0. The molecular formula is C23H25N9O2. The van der Waals surface area contributed by atoms with Gasteiger partial charge in [-0.1, -0.05) is 18.2 Å². The quantitative estimate of drug-likeness (QED) is 0.332. The molecule has 2 aliphatic rings. The van der Waals surface area contributed by atoms with Crippen LogP contribution in [0.4, 0.5) is 11.6 Å². The van der Waals surface area contributed by atoms with E-state index in [9.17, 15) is 9.90 Å². The number of anilines is 2. The van der Waals surface area contributed by atoms with Gasteiger partial charge in [0.2, 0.25) is 11.8 Å². The van der Waals surface area contributed by atoms with E-state index in [2.05, 4.69) is 53.5 Å². The Morgan fingerprint density at radius 2 is 2.00 bits per heavy atom. The Morgan fingerprint density at radius 3 is 2.76 bits per heavy atom. The van der Waals surface area contributed by atoms with E-state index in [4.69, 9.17) is 4.99 Å². The Hall–Kier alpha value is -4.15. The van der Waals surface area contributed by atoms with Crippen LogP contribution < -0.4 is 26.7 Å². The molecular weight excluding hydrogens is 434 g/mol. The number of H-pyrrole nitrogens is 2. The fraction of sp³-hybridized carbons (Fsp3) is 0.348. The predicted octanol–water partition coefficient (Wildman–Crippen LogP) is 0.669. The number of nitrogens with zero attached hydrogens (tertiary/aromatic N) is 6. The van der Waals surface area contributed by atoms with Crippen molar-refractivity contribution in [2.75, 3.05) is 23.3 Å². The second kappa shape index (κ2) is 8.32. The van der Waals surface area contributed by atoms with E-state index in [1.54, 1.807) is 16.8 Å². The van der Waals surface area contributed by atoms with Gasteiger partial charge in [0.25, 0.3) is 5.62 Å². The van der Waals surface area contributed by atoms with Crippen molar-refractivity contribution < 1.29 is 5.11 Å². The highest BCUT2D eigenvalue weighted by atomic mass is 16.3. The Labute approximate surface area is 193 Å². The van der Waals surface area contributed by atoms with Gasteiger partial charge < -0.3 is 20.3 Å². The molecule has 0 spiro atoms. The van der Waals surface area contributed by atoms with Crippen LogP contribution in [0.1, 0.15) is 36.9 Å². The molecule has 0 radical (unpaired) electrons. The molecule has 0 amide bonds. The maximum atomic E-state index is 11.5. The fourth-order valence-electron chi connectivity index (χ4n) is 4.26. The standard InChI is InChI=1S/C23H25N9O2/c33-20-17(27-23(34)29-20)11-15-13-25-32-19(15)28-21(30-22(32)26-16-7-8-16)24-12-14-5-1-2-6-18(14)31-9-3-4-10-31/h1-2,5-6,11,13,16,33H,3-4,7-10,12H2,(H,24,26,30)(H2,27,29,34)/b15-11+. The summed E-state index contributed by atoms with van der Waals surface area (Å²) in [5.41, 5.74) is 3.21. The van der Waals surface area contributed by atoms with Gasteiger partial charge in [-0.2, -0.15) is 19.6 Å². The lowest BCUT2D eigenvalue weighted by molar-refractivity contribution is 0.454. The van der Waals surface area contributed by atoms with Gasteiger partial charge >= 0.3 is 5.69 Å². The van der Waals surface area contributed by atoms with Crippen molar-refractivity contribution in [1.82, 2.24) is 29.5 Å². The molecule has 1 aromatic carbocycles. The van der Waals surface area contributed by atoms with Gasteiger partial charge in [-0.15, -0.1) is 0 Å². The number of nitrogens with one attached hydrogen (secondary N) is 3. The van der Waals surface area contributed by atoms with Gasteiger partial charge in [0.1, 0.15) is 5.69 Å². The third-order valence-electron chi connectivity index (χ3n) is 6.13. The molecule has 2 fully saturated rings.